The van der Waals surface area contributed by atoms with E-state index in [-0.39, 0.29) is 23.1 Å². The molecule has 0 aromatic heterocycles. The molecule has 0 aliphatic heterocycles. The third-order valence-electron chi connectivity index (χ3n) is 4.80. The van der Waals surface area contributed by atoms with E-state index in [0.717, 1.165) is 0 Å². The topological polar surface area (TPSA) is 18.5 Å². The van der Waals surface area contributed by atoms with Crippen LogP contribution >= 0.6 is 0 Å². The van der Waals surface area contributed by atoms with Crippen LogP contribution in [0.5, 0.6) is 11.5 Å². The average molecular weight is 438 g/mol. The summed E-state index contributed by atoms with van der Waals surface area (Å²) in [6.07, 6.45) is -0.979. The van der Waals surface area contributed by atoms with Gasteiger partial charge in [0.2, 0.25) is 6.29 Å². The maximum Gasteiger partial charge on any atom is 0.238 e. The minimum atomic E-state index is -0.979. The molecule has 0 atom stereocenters. The van der Waals surface area contributed by atoms with Gasteiger partial charge in [-0.1, -0.05) is 36.4 Å². The molecule has 6 heteroatoms. The number of hydrogen-bond donors (Lipinski definition) is 0. The van der Waals surface area contributed by atoms with Gasteiger partial charge in [-0.05, 0) is 70.8 Å². The molecular weight excluding hydrogens is 420 g/mol. The van der Waals surface area contributed by atoms with Crippen LogP contribution in [0, 0.1) is 23.3 Å². The molecular formula is C26H18F4O2. The fourth-order valence-electron chi connectivity index (χ4n) is 3.22. The zero-order chi connectivity index (χ0) is 22.7. The summed E-state index contributed by atoms with van der Waals surface area (Å²) in [5.41, 5.74) is 2.44. The summed E-state index contributed by atoms with van der Waals surface area (Å²) >= 11 is 0. The fourth-order valence-corrected chi connectivity index (χ4v) is 3.22. The highest BCUT2D eigenvalue weighted by molar-refractivity contribution is 5.65. The first-order valence-electron chi connectivity index (χ1n) is 9.83. The Morgan fingerprint density at radius 3 is 1.19 bits per heavy atom. The van der Waals surface area contributed by atoms with Crippen molar-refractivity contribution in [3.63, 3.8) is 0 Å². The molecule has 0 amide bonds. The molecule has 4 aromatic carbocycles. The summed E-state index contributed by atoms with van der Waals surface area (Å²) in [7, 11) is 0. The Balaban J connectivity index is 1.44. The highest BCUT2D eigenvalue weighted by Gasteiger charge is 2.14. The van der Waals surface area contributed by atoms with E-state index in [0.29, 0.717) is 22.3 Å². The Hall–Kier alpha value is -3.80. The Morgan fingerprint density at radius 2 is 0.844 bits per heavy atom. The molecule has 0 bridgehead atoms. The van der Waals surface area contributed by atoms with Crippen molar-refractivity contribution in [1.29, 1.82) is 0 Å². The van der Waals surface area contributed by atoms with Gasteiger partial charge in [-0.2, -0.15) is 0 Å². The lowest BCUT2D eigenvalue weighted by atomic mass is 10.1. The monoisotopic (exact) mass is 438 g/mol. The lowest BCUT2D eigenvalue weighted by Crippen LogP contribution is -2.20. The first kappa shape index (κ1) is 21.4. The standard InChI is InChI=1S/C26H18F4O2/c1-16(31-25-12-6-19(14-23(25)29)17-2-8-21(27)9-3-17)32-26-13-7-20(15-24(26)30)18-4-10-22(28)11-5-18/h2-16H,1H3. The molecule has 32 heavy (non-hydrogen) atoms. The minimum Gasteiger partial charge on any atom is -0.452 e. The third-order valence-corrected chi connectivity index (χ3v) is 4.80. The van der Waals surface area contributed by atoms with Gasteiger partial charge in [0.05, 0.1) is 0 Å². The molecule has 0 aliphatic carbocycles. The Morgan fingerprint density at radius 1 is 0.500 bits per heavy atom. The molecule has 0 aliphatic rings. The summed E-state index contributed by atoms with van der Waals surface area (Å²) in [4.78, 5) is 0. The van der Waals surface area contributed by atoms with Gasteiger partial charge < -0.3 is 9.47 Å². The van der Waals surface area contributed by atoms with Crippen LogP contribution in [0.1, 0.15) is 6.92 Å². The summed E-state index contributed by atoms with van der Waals surface area (Å²) in [5, 5.41) is 0. The van der Waals surface area contributed by atoms with Crippen LogP contribution in [0.3, 0.4) is 0 Å². The zero-order valence-electron chi connectivity index (χ0n) is 17.0. The maximum atomic E-state index is 14.5. The maximum absolute atomic E-state index is 14.5. The molecule has 0 spiro atoms. The Kier molecular flexibility index (Phi) is 6.12. The number of ether oxygens (including phenoxy) is 2. The van der Waals surface area contributed by atoms with Crippen molar-refractivity contribution < 1.29 is 27.0 Å². The van der Waals surface area contributed by atoms with Gasteiger partial charge in [0.15, 0.2) is 23.1 Å². The van der Waals surface area contributed by atoms with E-state index < -0.39 is 17.9 Å². The largest absolute Gasteiger partial charge is 0.452 e. The number of benzene rings is 4. The van der Waals surface area contributed by atoms with Crippen LogP contribution in [-0.2, 0) is 0 Å². The molecule has 0 radical (unpaired) electrons. The number of halogens is 4. The molecule has 0 heterocycles. The average Bonchev–Trinajstić information content (AvgIpc) is 2.78. The van der Waals surface area contributed by atoms with Crippen molar-refractivity contribution in [2.75, 3.05) is 0 Å². The lowest BCUT2D eigenvalue weighted by molar-refractivity contribution is 0.0163. The predicted octanol–water partition coefficient (Wildman–Crippen LogP) is 7.38. The first-order chi connectivity index (χ1) is 15.4. The second kappa shape index (κ2) is 9.14. The van der Waals surface area contributed by atoms with E-state index in [1.54, 1.807) is 36.4 Å². The normalized spacial score (nSPS) is 10.9. The van der Waals surface area contributed by atoms with Gasteiger partial charge in [0.25, 0.3) is 0 Å². The van der Waals surface area contributed by atoms with Crippen LogP contribution in [0.25, 0.3) is 22.3 Å². The van der Waals surface area contributed by atoms with Crippen LogP contribution in [-0.4, -0.2) is 6.29 Å². The van der Waals surface area contributed by atoms with E-state index in [2.05, 4.69) is 0 Å². The molecule has 0 unspecified atom stereocenters. The number of rotatable bonds is 6. The van der Waals surface area contributed by atoms with Gasteiger partial charge in [-0.15, -0.1) is 0 Å². The Bertz CT molecular complexity index is 1120. The molecule has 0 N–H and O–H groups in total. The third kappa shape index (κ3) is 4.91. The van der Waals surface area contributed by atoms with Crippen LogP contribution in [0.15, 0.2) is 84.9 Å². The van der Waals surface area contributed by atoms with Crippen molar-refractivity contribution in [3.05, 3.63) is 108 Å². The van der Waals surface area contributed by atoms with Crippen molar-refractivity contribution in [3.8, 4) is 33.8 Å². The second-order valence-corrected chi connectivity index (χ2v) is 7.11. The molecule has 0 saturated carbocycles. The molecule has 4 rings (SSSR count). The summed E-state index contributed by atoms with van der Waals surface area (Å²) in [5.74, 6) is -2.14. The van der Waals surface area contributed by atoms with E-state index in [9.17, 15) is 17.6 Å². The van der Waals surface area contributed by atoms with Crippen molar-refractivity contribution in [2.24, 2.45) is 0 Å². The minimum absolute atomic E-state index is 0.0632. The quantitative estimate of drug-likeness (QED) is 0.231. The van der Waals surface area contributed by atoms with Gasteiger partial charge in [-0.3, -0.25) is 0 Å². The Labute approximate surface area is 182 Å². The summed E-state index contributed by atoms with van der Waals surface area (Å²) < 4.78 is 66.1. The van der Waals surface area contributed by atoms with Gasteiger partial charge in [0, 0.05) is 6.92 Å². The first-order valence-corrected chi connectivity index (χ1v) is 9.83. The van der Waals surface area contributed by atoms with E-state index in [1.807, 2.05) is 0 Å². The predicted molar refractivity (Wildman–Crippen MR) is 114 cm³/mol. The van der Waals surface area contributed by atoms with Crippen molar-refractivity contribution in [1.82, 2.24) is 0 Å². The van der Waals surface area contributed by atoms with E-state index in [1.165, 1.54) is 55.5 Å². The van der Waals surface area contributed by atoms with E-state index >= 15 is 0 Å². The highest BCUT2D eigenvalue weighted by Crippen LogP contribution is 2.29. The van der Waals surface area contributed by atoms with Gasteiger partial charge in [0.1, 0.15) is 11.6 Å². The van der Waals surface area contributed by atoms with Crippen molar-refractivity contribution >= 4 is 0 Å². The van der Waals surface area contributed by atoms with Crippen molar-refractivity contribution in [2.45, 2.75) is 13.2 Å². The fraction of sp³-hybridized carbons (Fsp3) is 0.0769. The summed E-state index contributed by atoms with van der Waals surface area (Å²) in [6.45, 7) is 1.51. The van der Waals surface area contributed by atoms with E-state index in [4.69, 9.17) is 9.47 Å². The zero-order valence-corrected chi connectivity index (χ0v) is 17.0. The SMILES string of the molecule is CC(Oc1ccc(-c2ccc(F)cc2)cc1F)Oc1ccc(-c2ccc(F)cc2)cc1F. The number of hydrogen-bond acceptors (Lipinski definition) is 2. The molecule has 162 valence electrons. The smallest absolute Gasteiger partial charge is 0.238 e. The highest BCUT2D eigenvalue weighted by atomic mass is 19.1. The second-order valence-electron chi connectivity index (χ2n) is 7.11. The molecule has 4 aromatic rings. The van der Waals surface area contributed by atoms with Crippen LogP contribution < -0.4 is 9.47 Å². The van der Waals surface area contributed by atoms with Crippen LogP contribution in [0.2, 0.25) is 0 Å². The summed E-state index contributed by atoms with van der Waals surface area (Å²) in [6, 6.07) is 20.1. The molecule has 0 fully saturated rings. The lowest BCUT2D eigenvalue weighted by Gasteiger charge is -2.18. The molecule has 0 saturated heterocycles. The molecule has 2 nitrogen and oxygen atoms in total. The van der Waals surface area contributed by atoms with Crippen LogP contribution in [0.4, 0.5) is 17.6 Å². The van der Waals surface area contributed by atoms with Gasteiger partial charge >= 0.3 is 0 Å². The van der Waals surface area contributed by atoms with Gasteiger partial charge in [-0.25, -0.2) is 17.6 Å².